The first kappa shape index (κ1) is 15.3. The van der Waals surface area contributed by atoms with Gasteiger partial charge in [-0.25, -0.2) is 0 Å². The summed E-state index contributed by atoms with van der Waals surface area (Å²) in [5, 5.41) is 8.80. The minimum Gasteiger partial charge on any atom is -0.481 e. The van der Waals surface area contributed by atoms with Crippen molar-refractivity contribution in [2.24, 2.45) is 0 Å². The molecule has 2 aromatic rings. The first-order valence-corrected chi connectivity index (χ1v) is 7.80. The number of aryl methyl sites for hydroxylation is 1. The second-order valence-electron chi connectivity index (χ2n) is 5.84. The lowest BCUT2D eigenvalue weighted by Crippen LogP contribution is -2.36. The summed E-state index contributed by atoms with van der Waals surface area (Å²) in [6.07, 6.45) is 1.49. The van der Waals surface area contributed by atoms with Gasteiger partial charge in [-0.1, -0.05) is 36.4 Å². The number of carbonyl (C=O) groups excluding carboxylic acids is 1. The van der Waals surface area contributed by atoms with E-state index in [4.69, 9.17) is 5.11 Å². The van der Waals surface area contributed by atoms with E-state index in [0.29, 0.717) is 18.5 Å². The Morgan fingerprint density at radius 3 is 2.57 bits per heavy atom. The highest BCUT2D eigenvalue weighted by atomic mass is 16.4. The fraction of sp³-hybridized carbons (Fsp3) is 0.263. The lowest BCUT2D eigenvalue weighted by atomic mass is 9.95. The molecule has 0 unspecified atom stereocenters. The maximum Gasteiger partial charge on any atom is 0.303 e. The Morgan fingerprint density at radius 1 is 1.04 bits per heavy atom. The van der Waals surface area contributed by atoms with Gasteiger partial charge < -0.3 is 10.0 Å². The molecule has 23 heavy (non-hydrogen) atoms. The highest BCUT2D eigenvalue weighted by Crippen LogP contribution is 2.22. The molecule has 1 N–H and O–H groups in total. The van der Waals surface area contributed by atoms with E-state index in [1.54, 1.807) is 0 Å². The van der Waals surface area contributed by atoms with E-state index in [0.717, 1.165) is 24.1 Å². The number of hydrogen-bond acceptors (Lipinski definition) is 2. The van der Waals surface area contributed by atoms with Gasteiger partial charge in [0.2, 0.25) is 0 Å². The minimum absolute atomic E-state index is 0.0483. The highest BCUT2D eigenvalue weighted by Gasteiger charge is 2.21. The van der Waals surface area contributed by atoms with Crippen LogP contribution in [0.5, 0.6) is 0 Å². The number of carboxylic acid groups (broad SMARTS) is 1. The zero-order chi connectivity index (χ0) is 16.2. The Labute approximate surface area is 135 Å². The lowest BCUT2D eigenvalue weighted by molar-refractivity contribution is -0.136. The van der Waals surface area contributed by atoms with Gasteiger partial charge >= 0.3 is 5.97 Å². The van der Waals surface area contributed by atoms with Crippen molar-refractivity contribution in [2.45, 2.75) is 25.8 Å². The van der Waals surface area contributed by atoms with E-state index in [-0.39, 0.29) is 12.3 Å². The molecule has 0 bridgehead atoms. The zero-order valence-corrected chi connectivity index (χ0v) is 12.9. The minimum atomic E-state index is -0.788. The second-order valence-corrected chi connectivity index (χ2v) is 5.84. The number of benzene rings is 2. The summed E-state index contributed by atoms with van der Waals surface area (Å²) in [4.78, 5) is 25.1. The molecule has 0 saturated carbocycles. The molecular formula is C19H19NO3. The van der Waals surface area contributed by atoms with Gasteiger partial charge in [0.1, 0.15) is 0 Å². The molecular weight excluding hydrogens is 290 g/mol. The predicted octanol–water partition coefficient (Wildman–Crippen LogP) is 2.90. The SMILES string of the molecule is O=C(O)CCc1ccc2c(c1)CN(C(=O)c1ccccc1)CC2. The van der Waals surface area contributed by atoms with Crippen molar-refractivity contribution in [2.75, 3.05) is 6.54 Å². The largest absolute Gasteiger partial charge is 0.481 e. The number of carbonyl (C=O) groups is 2. The van der Waals surface area contributed by atoms with Gasteiger partial charge in [-0.15, -0.1) is 0 Å². The smallest absolute Gasteiger partial charge is 0.303 e. The molecule has 0 fully saturated rings. The predicted molar refractivity (Wildman–Crippen MR) is 87.3 cm³/mol. The molecule has 0 atom stereocenters. The van der Waals surface area contributed by atoms with Crippen LogP contribution in [0.3, 0.4) is 0 Å². The fourth-order valence-electron chi connectivity index (χ4n) is 2.95. The number of fused-ring (bicyclic) bond motifs is 1. The van der Waals surface area contributed by atoms with Gasteiger partial charge in [0.15, 0.2) is 0 Å². The zero-order valence-electron chi connectivity index (χ0n) is 12.9. The van der Waals surface area contributed by atoms with E-state index in [1.165, 1.54) is 5.56 Å². The molecule has 0 aliphatic carbocycles. The summed E-state index contributed by atoms with van der Waals surface area (Å²) in [6, 6.07) is 15.4. The molecule has 1 amide bonds. The van der Waals surface area contributed by atoms with Crippen molar-refractivity contribution < 1.29 is 14.7 Å². The van der Waals surface area contributed by atoms with Gasteiger partial charge in [-0.3, -0.25) is 9.59 Å². The van der Waals surface area contributed by atoms with Crippen LogP contribution >= 0.6 is 0 Å². The van der Waals surface area contributed by atoms with Crippen molar-refractivity contribution in [1.29, 1.82) is 0 Å². The molecule has 0 radical (unpaired) electrons. The van der Waals surface area contributed by atoms with Crippen molar-refractivity contribution in [3.8, 4) is 0 Å². The van der Waals surface area contributed by atoms with Crippen LogP contribution in [0.2, 0.25) is 0 Å². The summed E-state index contributed by atoms with van der Waals surface area (Å²) < 4.78 is 0. The maximum atomic E-state index is 12.6. The Hall–Kier alpha value is -2.62. The Kier molecular flexibility index (Phi) is 4.42. The van der Waals surface area contributed by atoms with Crippen molar-refractivity contribution in [3.05, 3.63) is 70.8 Å². The van der Waals surface area contributed by atoms with Crippen molar-refractivity contribution >= 4 is 11.9 Å². The van der Waals surface area contributed by atoms with Gasteiger partial charge in [-0.2, -0.15) is 0 Å². The third-order valence-corrected chi connectivity index (χ3v) is 4.22. The molecule has 2 aromatic carbocycles. The van der Waals surface area contributed by atoms with Gasteiger partial charge in [0.25, 0.3) is 5.91 Å². The summed E-state index contributed by atoms with van der Waals surface area (Å²) in [6.45, 7) is 1.30. The Morgan fingerprint density at radius 2 is 1.83 bits per heavy atom. The summed E-state index contributed by atoms with van der Waals surface area (Å²) in [7, 11) is 0. The van der Waals surface area contributed by atoms with Crippen LogP contribution in [0, 0.1) is 0 Å². The molecule has 4 heteroatoms. The van der Waals surface area contributed by atoms with E-state index >= 15 is 0 Å². The van der Waals surface area contributed by atoms with Crippen LogP contribution < -0.4 is 0 Å². The highest BCUT2D eigenvalue weighted by molar-refractivity contribution is 5.94. The molecule has 0 aromatic heterocycles. The maximum absolute atomic E-state index is 12.6. The van der Waals surface area contributed by atoms with E-state index in [9.17, 15) is 9.59 Å². The van der Waals surface area contributed by atoms with Gasteiger partial charge in [-0.05, 0) is 41.7 Å². The standard InChI is InChI=1S/C19H19NO3/c21-18(22)9-7-14-6-8-15-10-11-20(13-17(15)12-14)19(23)16-4-2-1-3-5-16/h1-6,8,12H,7,9-11,13H2,(H,21,22). The fourth-order valence-corrected chi connectivity index (χ4v) is 2.95. The molecule has 1 heterocycles. The quantitative estimate of drug-likeness (QED) is 0.945. The third-order valence-electron chi connectivity index (χ3n) is 4.22. The average molecular weight is 309 g/mol. The van der Waals surface area contributed by atoms with E-state index in [2.05, 4.69) is 6.07 Å². The van der Waals surface area contributed by atoms with Crippen LogP contribution in [-0.2, 0) is 24.2 Å². The number of nitrogens with zero attached hydrogens (tertiary/aromatic N) is 1. The van der Waals surface area contributed by atoms with Crippen LogP contribution in [0.1, 0.15) is 33.5 Å². The second kappa shape index (κ2) is 6.65. The van der Waals surface area contributed by atoms with Crippen LogP contribution in [-0.4, -0.2) is 28.4 Å². The van der Waals surface area contributed by atoms with Gasteiger partial charge in [0, 0.05) is 25.1 Å². The summed E-state index contributed by atoms with van der Waals surface area (Å²) in [5.74, 6) is -0.740. The topological polar surface area (TPSA) is 57.6 Å². The first-order chi connectivity index (χ1) is 11.1. The van der Waals surface area contributed by atoms with Crippen LogP contribution in [0.4, 0.5) is 0 Å². The Balaban J connectivity index is 1.75. The molecule has 4 nitrogen and oxygen atoms in total. The molecule has 0 saturated heterocycles. The number of hydrogen-bond donors (Lipinski definition) is 1. The molecule has 1 aliphatic heterocycles. The lowest BCUT2D eigenvalue weighted by Gasteiger charge is -2.29. The van der Waals surface area contributed by atoms with Crippen molar-refractivity contribution in [1.82, 2.24) is 4.90 Å². The van der Waals surface area contributed by atoms with Gasteiger partial charge in [0.05, 0.1) is 0 Å². The van der Waals surface area contributed by atoms with Crippen molar-refractivity contribution in [3.63, 3.8) is 0 Å². The third kappa shape index (κ3) is 3.59. The van der Waals surface area contributed by atoms with Crippen LogP contribution in [0.15, 0.2) is 48.5 Å². The number of rotatable bonds is 4. The number of carboxylic acids is 1. The normalized spacial score (nSPS) is 13.5. The summed E-state index contributed by atoms with van der Waals surface area (Å²) >= 11 is 0. The first-order valence-electron chi connectivity index (χ1n) is 7.80. The average Bonchev–Trinajstić information content (AvgIpc) is 2.59. The Bertz CT molecular complexity index is 725. The number of amides is 1. The van der Waals surface area contributed by atoms with Crippen LogP contribution in [0.25, 0.3) is 0 Å². The molecule has 3 rings (SSSR count). The molecule has 118 valence electrons. The van der Waals surface area contributed by atoms with E-state index < -0.39 is 5.97 Å². The molecule has 0 spiro atoms. The molecule has 1 aliphatic rings. The monoisotopic (exact) mass is 309 g/mol. The summed E-state index contributed by atoms with van der Waals surface area (Å²) in [5.41, 5.74) is 4.10. The number of aliphatic carboxylic acids is 1. The van der Waals surface area contributed by atoms with E-state index in [1.807, 2.05) is 47.4 Å².